The number of hydrogen-bond donors (Lipinski definition) is 1. The van der Waals surface area contributed by atoms with E-state index >= 15 is 0 Å². The molecule has 1 aliphatic heterocycles. The van der Waals surface area contributed by atoms with Gasteiger partial charge in [-0.3, -0.25) is 4.98 Å². The van der Waals surface area contributed by atoms with Gasteiger partial charge in [0.15, 0.2) is 5.65 Å². The van der Waals surface area contributed by atoms with Gasteiger partial charge in [-0.2, -0.15) is 4.98 Å². The molecule has 40 heavy (non-hydrogen) atoms. The summed E-state index contributed by atoms with van der Waals surface area (Å²) in [5.41, 5.74) is 0.692. The Hall–Kier alpha value is -4.12. The largest absolute Gasteiger partial charge is 0.465 e. The van der Waals surface area contributed by atoms with E-state index in [2.05, 4.69) is 15.0 Å². The molecule has 0 unspecified atom stereocenters. The predicted octanol–water partition coefficient (Wildman–Crippen LogP) is 5.39. The zero-order valence-electron chi connectivity index (χ0n) is 22.3. The summed E-state index contributed by atoms with van der Waals surface area (Å²) in [7, 11) is 0. The standard InChI is InChI=1S/C28H27ClF2N6O3/c1-14(2)22-24(15(3)8-9-32-22)37-26-17(12-18(29)23(33-26)21-19(30)6-5-7-20(21)31)25(34-27(37)38)36-11-10-35(28(39)40)13-16(36)4/h5-9,12,14,16H,10-11,13H2,1-4H3,(H,39,40)/t16-/m0/s1. The molecule has 0 spiro atoms. The van der Waals surface area contributed by atoms with E-state index in [9.17, 15) is 23.5 Å². The highest BCUT2D eigenvalue weighted by atomic mass is 35.5. The van der Waals surface area contributed by atoms with Crippen LogP contribution in [-0.2, 0) is 0 Å². The van der Waals surface area contributed by atoms with Gasteiger partial charge < -0.3 is 14.9 Å². The molecule has 4 heterocycles. The first kappa shape index (κ1) is 27.4. The van der Waals surface area contributed by atoms with Crippen molar-refractivity contribution in [3.8, 4) is 16.9 Å². The van der Waals surface area contributed by atoms with E-state index in [1.54, 1.807) is 12.3 Å². The molecule has 1 fully saturated rings. The SMILES string of the molecule is Cc1ccnc(C(C)C)c1-n1c(=O)nc(N2CCN(C(=O)O)C[C@@H]2C)c2cc(Cl)c(-c3c(F)cccc3F)nc21. The van der Waals surface area contributed by atoms with Gasteiger partial charge in [0.2, 0.25) is 0 Å². The number of piperazine rings is 1. The second kappa shape index (κ2) is 10.5. The number of carbonyl (C=O) groups is 1. The Morgan fingerprint density at radius 3 is 2.48 bits per heavy atom. The van der Waals surface area contributed by atoms with E-state index < -0.39 is 29.0 Å². The number of aryl methyl sites for hydroxylation is 1. The van der Waals surface area contributed by atoms with Gasteiger partial charge in [0.25, 0.3) is 0 Å². The molecule has 1 atom stereocenters. The molecule has 1 saturated heterocycles. The van der Waals surface area contributed by atoms with Gasteiger partial charge in [0.05, 0.1) is 33.0 Å². The fourth-order valence-electron chi connectivity index (χ4n) is 5.16. The van der Waals surface area contributed by atoms with Crippen LogP contribution in [0.3, 0.4) is 0 Å². The first-order valence-corrected chi connectivity index (χ1v) is 13.2. The summed E-state index contributed by atoms with van der Waals surface area (Å²) in [5.74, 6) is -1.51. The molecule has 1 aliphatic rings. The Morgan fingerprint density at radius 1 is 1.15 bits per heavy atom. The number of nitrogens with zero attached hydrogens (tertiary/aromatic N) is 6. The van der Waals surface area contributed by atoms with Gasteiger partial charge in [-0.25, -0.2) is 27.9 Å². The minimum absolute atomic E-state index is 0.0337. The van der Waals surface area contributed by atoms with Gasteiger partial charge in [0.1, 0.15) is 17.5 Å². The molecule has 1 aromatic carbocycles. The molecule has 4 aromatic rings. The maximum absolute atomic E-state index is 14.9. The van der Waals surface area contributed by atoms with Gasteiger partial charge in [-0.1, -0.05) is 31.5 Å². The lowest BCUT2D eigenvalue weighted by atomic mass is 10.0. The van der Waals surface area contributed by atoms with E-state index in [4.69, 9.17) is 11.6 Å². The van der Waals surface area contributed by atoms with Crippen molar-refractivity contribution >= 4 is 34.5 Å². The Morgan fingerprint density at radius 2 is 1.85 bits per heavy atom. The zero-order valence-corrected chi connectivity index (χ0v) is 23.1. The van der Waals surface area contributed by atoms with E-state index in [0.29, 0.717) is 16.8 Å². The Labute approximate surface area is 233 Å². The molecule has 1 N–H and O–H groups in total. The minimum atomic E-state index is -1.03. The number of carboxylic acid groups (broad SMARTS) is 1. The highest BCUT2D eigenvalue weighted by molar-refractivity contribution is 6.33. The molecular formula is C28H27ClF2N6O3. The van der Waals surface area contributed by atoms with Crippen LogP contribution in [-0.4, -0.2) is 61.3 Å². The number of pyridine rings is 2. The second-order valence-corrected chi connectivity index (χ2v) is 10.5. The third-order valence-electron chi connectivity index (χ3n) is 7.10. The summed E-state index contributed by atoms with van der Waals surface area (Å²) < 4.78 is 31.1. The van der Waals surface area contributed by atoms with Crippen LogP contribution in [0.25, 0.3) is 28.0 Å². The lowest BCUT2D eigenvalue weighted by Crippen LogP contribution is -2.54. The van der Waals surface area contributed by atoms with E-state index in [1.165, 1.54) is 21.6 Å². The van der Waals surface area contributed by atoms with Crippen molar-refractivity contribution in [2.45, 2.75) is 39.7 Å². The van der Waals surface area contributed by atoms with Crippen LogP contribution in [0.2, 0.25) is 5.02 Å². The molecule has 12 heteroatoms. The first-order valence-electron chi connectivity index (χ1n) is 12.8. The molecule has 0 saturated carbocycles. The number of halogens is 3. The van der Waals surface area contributed by atoms with Crippen LogP contribution >= 0.6 is 11.6 Å². The quantitative estimate of drug-likeness (QED) is 0.352. The third-order valence-corrected chi connectivity index (χ3v) is 7.38. The van der Waals surface area contributed by atoms with Gasteiger partial charge in [0, 0.05) is 31.9 Å². The normalized spacial score (nSPS) is 15.8. The summed E-state index contributed by atoms with van der Waals surface area (Å²) in [6.07, 6.45) is 0.617. The molecule has 0 radical (unpaired) electrons. The average Bonchev–Trinajstić information content (AvgIpc) is 2.89. The van der Waals surface area contributed by atoms with Gasteiger partial charge >= 0.3 is 11.8 Å². The zero-order chi connectivity index (χ0) is 28.9. The topological polar surface area (TPSA) is 104 Å². The Kier molecular flexibility index (Phi) is 7.17. The molecule has 1 amide bonds. The summed E-state index contributed by atoms with van der Waals surface area (Å²) in [5, 5.41) is 9.79. The number of hydrogen-bond acceptors (Lipinski definition) is 6. The molecule has 0 bridgehead atoms. The maximum Gasteiger partial charge on any atom is 0.407 e. The van der Waals surface area contributed by atoms with Crippen LogP contribution in [0.4, 0.5) is 19.4 Å². The Bertz CT molecular complexity index is 1690. The van der Waals surface area contributed by atoms with Crippen molar-refractivity contribution in [3.63, 3.8) is 0 Å². The summed E-state index contributed by atoms with van der Waals surface area (Å²) in [4.78, 5) is 42.1. The fraction of sp³-hybridized carbons (Fsp3) is 0.321. The molecule has 3 aromatic heterocycles. The monoisotopic (exact) mass is 568 g/mol. The van der Waals surface area contributed by atoms with Crippen LogP contribution in [0.1, 0.15) is 37.9 Å². The third kappa shape index (κ3) is 4.64. The molecule has 208 valence electrons. The van der Waals surface area contributed by atoms with Crippen molar-refractivity contribution in [2.24, 2.45) is 0 Å². The summed E-state index contributed by atoms with van der Waals surface area (Å²) in [6.45, 7) is 8.20. The number of rotatable bonds is 4. The molecule has 5 rings (SSSR count). The van der Waals surface area contributed by atoms with Crippen molar-refractivity contribution in [3.05, 3.63) is 74.9 Å². The maximum atomic E-state index is 14.9. The van der Waals surface area contributed by atoms with Crippen LogP contribution < -0.4 is 10.6 Å². The fourth-order valence-corrected chi connectivity index (χ4v) is 5.40. The molecule has 0 aliphatic carbocycles. The smallest absolute Gasteiger partial charge is 0.407 e. The van der Waals surface area contributed by atoms with Gasteiger partial charge in [-0.05, 0) is 49.6 Å². The molecule has 9 nitrogen and oxygen atoms in total. The number of amides is 1. The van der Waals surface area contributed by atoms with Crippen molar-refractivity contribution in [2.75, 3.05) is 24.5 Å². The minimum Gasteiger partial charge on any atom is -0.465 e. The van der Waals surface area contributed by atoms with Crippen molar-refractivity contribution < 1.29 is 18.7 Å². The highest BCUT2D eigenvalue weighted by Gasteiger charge is 2.31. The Balaban J connectivity index is 1.86. The van der Waals surface area contributed by atoms with Crippen molar-refractivity contribution in [1.82, 2.24) is 24.4 Å². The second-order valence-electron chi connectivity index (χ2n) is 10.1. The van der Waals surface area contributed by atoms with E-state index in [-0.39, 0.29) is 53.8 Å². The van der Waals surface area contributed by atoms with Crippen LogP contribution in [0, 0.1) is 18.6 Å². The number of aromatic nitrogens is 4. The summed E-state index contributed by atoms with van der Waals surface area (Å²) in [6, 6.07) is 6.39. The molecular weight excluding hydrogens is 542 g/mol. The number of benzene rings is 1. The van der Waals surface area contributed by atoms with Crippen molar-refractivity contribution in [1.29, 1.82) is 0 Å². The number of anilines is 1. The van der Waals surface area contributed by atoms with Gasteiger partial charge in [-0.15, -0.1) is 0 Å². The first-order chi connectivity index (χ1) is 19.0. The predicted molar refractivity (Wildman–Crippen MR) is 149 cm³/mol. The van der Waals surface area contributed by atoms with Crippen LogP contribution in [0.5, 0.6) is 0 Å². The van der Waals surface area contributed by atoms with E-state index in [1.807, 2.05) is 32.6 Å². The number of fused-ring (bicyclic) bond motifs is 1. The summed E-state index contributed by atoms with van der Waals surface area (Å²) >= 11 is 6.62. The van der Waals surface area contributed by atoms with Crippen LogP contribution in [0.15, 0.2) is 41.3 Å². The lowest BCUT2D eigenvalue weighted by molar-refractivity contribution is 0.136. The van der Waals surface area contributed by atoms with E-state index in [0.717, 1.165) is 17.7 Å². The lowest BCUT2D eigenvalue weighted by Gasteiger charge is -2.39. The highest BCUT2D eigenvalue weighted by Crippen LogP contribution is 2.37. The average molecular weight is 569 g/mol.